The summed E-state index contributed by atoms with van der Waals surface area (Å²) in [5.74, 6) is -0.351. The number of hydrogen-bond acceptors (Lipinski definition) is 3. The summed E-state index contributed by atoms with van der Waals surface area (Å²) >= 11 is 0. The lowest BCUT2D eigenvalue weighted by molar-refractivity contribution is -0.138. The zero-order valence-electron chi connectivity index (χ0n) is 20.5. The summed E-state index contributed by atoms with van der Waals surface area (Å²) in [5, 5.41) is 3.39. The first-order valence-electron chi connectivity index (χ1n) is 11.6. The maximum Gasteiger partial charge on any atom is 0.333 e. The number of para-hydroxylation sites is 1. The molecule has 0 aromatic heterocycles. The van der Waals surface area contributed by atoms with Gasteiger partial charge in [0.25, 0.3) is 0 Å². The second-order valence-electron chi connectivity index (χ2n) is 8.73. The van der Waals surface area contributed by atoms with Crippen molar-refractivity contribution in [1.82, 2.24) is 0 Å². The lowest BCUT2D eigenvalue weighted by atomic mass is 9.75. The summed E-state index contributed by atoms with van der Waals surface area (Å²) in [7, 11) is 0. The number of hydrogen-bond donors (Lipinski definition) is 1. The van der Waals surface area contributed by atoms with E-state index in [9.17, 15) is 4.79 Å². The molecule has 2 rings (SSSR count). The lowest BCUT2D eigenvalue weighted by Crippen LogP contribution is -2.21. The molecule has 0 unspecified atom stereocenters. The molecule has 0 aliphatic heterocycles. The summed E-state index contributed by atoms with van der Waals surface area (Å²) in [5.41, 5.74) is 6.08. The van der Waals surface area contributed by atoms with Gasteiger partial charge in [0.15, 0.2) is 0 Å². The largest absolute Gasteiger partial charge is 0.462 e. The molecule has 0 fully saturated rings. The van der Waals surface area contributed by atoms with Crippen molar-refractivity contribution >= 4 is 17.7 Å². The van der Waals surface area contributed by atoms with E-state index in [-0.39, 0.29) is 11.4 Å². The summed E-state index contributed by atoms with van der Waals surface area (Å²) in [4.78, 5) is 11.4. The summed E-state index contributed by atoms with van der Waals surface area (Å²) in [6, 6.07) is 16.7. The Morgan fingerprint density at radius 2 is 1.79 bits per heavy atom. The minimum atomic E-state index is -0.351. The molecular weight excluding hydrogens is 406 g/mol. The smallest absolute Gasteiger partial charge is 0.333 e. The average molecular weight is 444 g/mol. The normalized spacial score (nSPS) is 11.6. The van der Waals surface area contributed by atoms with Crippen molar-refractivity contribution in [3.63, 3.8) is 0 Å². The first-order valence-corrected chi connectivity index (χ1v) is 11.6. The predicted molar refractivity (Wildman–Crippen MR) is 141 cm³/mol. The van der Waals surface area contributed by atoms with Crippen LogP contribution in [0.1, 0.15) is 57.2 Å². The van der Waals surface area contributed by atoms with Crippen LogP contribution in [0.2, 0.25) is 0 Å². The number of rotatable bonds is 12. The van der Waals surface area contributed by atoms with Crippen LogP contribution in [0.3, 0.4) is 0 Å². The Morgan fingerprint density at radius 1 is 1.09 bits per heavy atom. The van der Waals surface area contributed by atoms with Crippen molar-refractivity contribution in [2.24, 2.45) is 0 Å². The molecule has 3 heteroatoms. The van der Waals surface area contributed by atoms with E-state index in [1.165, 1.54) is 11.1 Å². The number of benzene rings is 2. The Hall–Kier alpha value is -3.33. The molecule has 0 bridgehead atoms. The highest BCUT2D eigenvalue weighted by atomic mass is 16.5. The van der Waals surface area contributed by atoms with Crippen molar-refractivity contribution in [1.29, 1.82) is 0 Å². The van der Waals surface area contributed by atoms with E-state index < -0.39 is 0 Å². The maximum absolute atomic E-state index is 11.4. The Morgan fingerprint density at radius 3 is 2.52 bits per heavy atom. The van der Waals surface area contributed by atoms with Gasteiger partial charge >= 0.3 is 5.97 Å². The van der Waals surface area contributed by atoms with Gasteiger partial charge < -0.3 is 10.1 Å². The second-order valence-corrected chi connectivity index (χ2v) is 8.73. The van der Waals surface area contributed by atoms with Crippen LogP contribution in [-0.4, -0.2) is 12.6 Å². The molecule has 2 aromatic rings. The van der Waals surface area contributed by atoms with Crippen molar-refractivity contribution in [2.45, 2.75) is 52.4 Å². The van der Waals surface area contributed by atoms with Gasteiger partial charge in [-0.2, -0.15) is 0 Å². The SMILES string of the molecule is C=C(C)C(=O)OCC/C=C/c1ccccc1N/C=C/C(=C)C(C)(C)c1ccccc1CCC. The number of nitrogens with one attached hydrogen (secondary N) is 1. The van der Waals surface area contributed by atoms with E-state index >= 15 is 0 Å². The second kappa shape index (κ2) is 12.6. The quantitative estimate of drug-likeness (QED) is 0.159. The lowest BCUT2D eigenvalue weighted by Gasteiger charge is -2.29. The van der Waals surface area contributed by atoms with Crippen LogP contribution in [0, 0.1) is 0 Å². The number of aryl methyl sites for hydroxylation is 1. The average Bonchev–Trinajstić information content (AvgIpc) is 2.80. The van der Waals surface area contributed by atoms with Gasteiger partial charge in [0, 0.05) is 22.9 Å². The van der Waals surface area contributed by atoms with Crippen molar-refractivity contribution < 1.29 is 9.53 Å². The molecule has 2 aromatic carbocycles. The molecule has 0 atom stereocenters. The molecule has 1 N–H and O–H groups in total. The van der Waals surface area contributed by atoms with Gasteiger partial charge in [-0.1, -0.05) is 95.0 Å². The molecule has 33 heavy (non-hydrogen) atoms. The van der Waals surface area contributed by atoms with Crippen LogP contribution in [0.4, 0.5) is 5.69 Å². The van der Waals surface area contributed by atoms with E-state index in [0.717, 1.165) is 29.7 Å². The van der Waals surface area contributed by atoms with Gasteiger partial charge in [-0.3, -0.25) is 0 Å². The fraction of sp³-hybridized carbons (Fsp3) is 0.300. The Balaban J connectivity index is 2.02. The predicted octanol–water partition coefficient (Wildman–Crippen LogP) is 7.62. The molecule has 0 saturated carbocycles. The molecule has 174 valence electrons. The molecule has 0 spiro atoms. The molecule has 0 aliphatic carbocycles. The highest BCUT2D eigenvalue weighted by Crippen LogP contribution is 2.34. The molecule has 0 amide bonds. The summed E-state index contributed by atoms with van der Waals surface area (Å²) < 4.78 is 5.13. The molecule has 0 radical (unpaired) electrons. The number of carbonyl (C=O) groups is 1. The number of allylic oxidation sites excluding steroid dienone is 2. The highest BCUT2D eigenvalue weighted by molar-refractivity contribution is 5.86. The third kappa shape index (κ3) is 7.64. The third-order valence-corrected chi connectivity index (χ3v) is 5.66. The standard InChI is InChI=1S/C30H37NO2/c1-7-14-25-15-8-10-18-27(25)30(5,6)24(4)20-21-31-28-19-11-9-16-26(28)17-12-13-22-33-29(32)23(2)3/h8-12,15-21,31H,2,4,7,13-14,22H2,1,3,5-6H3/b17-12+,21-20+. The topological polar surface area (TPSA) is 38.3 Å². The zero-order chi connectivity index (χ0) is 24.3. The van der Waals surface area contributed by atoms with Crippen LogP contribution in [-0.2, 0) is 21.4 Å². The van der Waals surface area contributed by atoms with Gasteiger partial charge in [0.05, 0.1) is 6.61 Å². The van der Waals surface area contributed by atoms with E-state index in [2.05, 4.69) is 69.6 Å². The summed E-state index contributed by atoms with van der Waals surface area (Å²) in [6.45, 7) is 16.6. The number of ether oxygens (including phenoxy) is 1. The van der Waals surface area contributed by atoms with Gasteiger partial charge in [0.2, 0.25) is 0 Å². The number of esters is 1. The summed E-state index contributed by atoms with van der Waals surface area (Å²) in [6.07, 6.45) is 10.9. The molecular formula is C30H37NO2. The first kappa shape index (κ1) is 25.9. The Labute approximate surface area is 199 Å². The van der Waals surface area contributed by atoms with E-state index in [1.54, 1.807) is 6.92 Å². The molecule has 0 aliphatic rings. The number of anilines is 1. The molecule has 0 heterocycles. The third-order valence-electron chi connectivity index (χ3n) is 5.66. The minimum absolute atomic E-state index is 0.162. The highest BCUT2D eigenvalue weighted by Gasteiger charge is 2.24. The molecule has 3 nitrogen and oxygen atoms in total. The van der Waals surface area contributed by atoms with Crippen molar-refractivity contribution in [3.05, 3.63) is 108 Å². The monoisotopic (exact) mass is 443 g/mol. The number of carbonyl (C=O) groups excluding carboxylic acids is 1. The maximum atomic E-state index is 11.4. The fourth-order valence-corrected chi connectivity index (χ4v) is 3.56. The van der Waals surface area contributed by atoms with E-state index in [0.29, 0.717) is 18.6 Å². The Bertz CT molecular complexity index is 1030. The van der Waals surface area contributed by atoms with Gasteiger partial charge in [0.1, 0.15) is 0 Å². The van der Waals surface area contributed by atoms with Crippen LogP contribution < -0.4 is 5.32 Å². The van der Waals surface area contributed by atoms with Gasteiger partial charge in [-0.25, -0.2) is 4.79 Å². The zero-order valence-corrected chi connectivity index (χ0v) is 20.5. The Kier molecular flexibility index (Phi) is 9.93. The first-order chi connectivity index (χ1) is 15.8. The van der Waals surface area contributed by atoms with Gasteiger partial charge in [-0.05, 0) is 54.2 Å². The van der Waals surface area contributed by atoms with Crippen LogP contribution in [0.5, 0.6) is 0 Å². The van der Waals surface area contributed by atoms with E-state index in [1.807, 2.05) is 42.6 Å². The van der Waals surface area contributed by atoms with E-state index in [4.69, 9.17) is 4.74 Å². The minimum Gasteiger partial charge on any atom is -0.462 e. The van der Waals surface area contributed by atoms with Gasteiger partial charge in [-0.15, -0.1) is 0 Å². The van der Waals surface area contributed by atoms with Crippen LogP contribution >= 0.6 is 0 Å². The van der Waals surface area contributed by atoms with Crippen LogP contribution in [0.25, 0.3) is 6.08 Å². The molecule has 0 saturated heterocycles. The van der Waals surface area contributed by atoms with Crippen LogP contribution in [0.15, 0.2) is 91.2 Å². The fourth-order valence-electron chi connectivity index (χ4n) is 3.56. The van der Waals surface area contributed by atoms with Crippen molar-refractivity contribution in [3.8, 4) is 0 Å². The van der Waals surface area contributed by atoms with Crippen molar-refractivity contribution in [2.75, 3.05) is 11.9 Å².